The fraction of sp³-hybridized carbons (Fsp3) is 0.643. The van der Waals surface area contributed by atoms with Gasteiger partial charge in [-0.3, -0.25) is 0 Å². The molecule has 1 rings (SSSR count). The number of halogens is 3. The van der Waals surface area contributed by atoms with Crippen molar-refractivity contribution >= 4 is 17.4 Å². The minimum atomic E-state index is -4.52. The van der Waals surface area contributed by atoms with E-state index in [1.165, 1.54) is 11.3 Å². The van der Waals surface area contributed by atoms with Gasteiger partial charge in [0.05, 0.1) is 6.10 Å². The van der Waals surface area contributed by atoms with Gasteiger partial charge in [-0.25, -0.2) is 4.79 Å². The Morgan fingerprint density at radius 1 is 1.36 bits per heavy atom. The van der Waals surface area contributed by atoms with E-state index in [2.05, 4.69) is 5.32 Å². The molecule has 0 spiro atoms. The molecular weight excluding hydrogens is 317 g/mol. The molecule has 126 valence electrons. The lowest BCUT2D eigenvalue weighted by Gasteiger charge is -2.28. The third-order valence-corrected chi connectivity index (χ3v) is 3.60. The van der Waals surface area contributed by atoms with Crippen LogP contribution in [0.3, 0.4) is 0 Å². The molecule has 0 aromatic carbocycles. The van der Waals surface area contributed by atoms with Crippen molar-refractivity contribution in [3.63, 3.8) is 0 Å². The van der Waals surface area contributed by atoms with Crippen LogP contribution in [-0.2, 0) is 0 Å². The molecule has 1 heterocycles. The van der Waals surface area contributed by atoms with Crippen molar-refractivity contribution in [1.82, 2.24) is 10.6 Å². The largest absolute Gasteiger partial charge is 0.408 e. The summed E-state index contributed by atoms with van der Waals surface area (Å²) in [7, 11) is 0. The Labute approximate surface area is 131 Å². The molecule has 22 heavy (non-hydrogen) atoms. The van der Waals surface area contributed by atoms with E-state index in [9.17, 15) is 23.1 Å². The second kappa shape index (κ2) is 7.32. The zero-order valence-corrected chi connectivity index (χ0v) is 13.5. The van der Waals surface area contributed by atoms with Crippen LogP contribution in [0.2, 0.25) is 0 Å². The maximum absolute atomic E-state index is 12.9. The van der Waals surface area contributed by atoms with E-state index in [0.29, 0.717) is 5.56 Å². The highest BCUT2D eigenvalue weighted by Crippen LogP contribution is 2.30. The van der Waals surface area contributed by atoms with Crippen LogP contribution < -0.4 is 10.6 Å². The first-order valence-electron chi connectivity index (χ1n) is 6.80. The van der Waals surface area contributed by atoms with E-state index < -0.39 is 29.8 Å². The van der Waals surface area contributed by atoms with Gasteiger partial charge < -0.3 is 15.7 Å². The van der Waals surface area contributed by atoms with Crippen molar-refractivity contribution < 1.29 is 23.1 Å². The third-order valence-electron chi connectivity index (χ3n) is 2.90. The van der Waals surface area contributed by atoms with Crippen molar-refractivity contribution in [3.05, 3.63) is 22.4 Å². The van der Waals surface area contributed by atoms with Gasteiger partial charge >= 0.3 is 12.2 Å². The second-order valence-electron chi connectivity index (χ2n) is 6.29. The Hall–Kier alpha value is -1.28. The standard InChI is InChI=1S/C14H21F3N2O2S/c1-13(2,3)6-11(14(15,16)17)19-12(21)18-7-10(20)9-4-5-22-8-9/h4-5,8,10-11,20H,6-7H2,1-3H3,(H2,18,19,21). The molecule has 1 aromatic heterocycles. The van der Waals surface area contributed by atoms with Gasteiger partial charge in [0.15, 0.2) is 0 Å². The highest BCUT2D eigenvalue weighted by Gasteiger charge is 2.42. The first-order chi connectivity index (χ1) is 9.99. The van der Waals surface area contributed by atoms with Gasteiger partial charge in [0.2, 0.25) is 0 Å². The topological polar surface area (TPSA) is 61.4 Å². The maximum atomic E-state index is 12.9. The number of aliphatic hydroxyl groups excluding tert-OH is 1. The fourth-order valence-corrected chi connectivity index (χ4v) is 2.55. The molecule has 2 amide bonds. The Morgan fingerprint density at radius 2 is 2.00 bits per heavy atom. The number of amides is 2. The average molecular weight is 338 g/mol. The average Bonchev–Trinajstić information content (AvgIpc) is 2.86. The van der Waals surface area contributed by atoms with Gasteiger partial charge in [0, 0.05) is 6.54 Å². The van der Waals surface area contributed by atoms with E-state index in [1.54, 1.807) is 37.6 Å². The molecule has 0 aliphatic heterocycles. The van der Waals surface area contributed by atoms with Crippen molar-refractivity contribution in [1.29, 1.82) is 0 Å². The van der Waals surface area contributed by atoms with E-state index in [-0.39, 0.29) is 13.0 Å². The van der Waals surface area contributed by atoms with Gasteiger partial charge in [-0.15, -0.1) is 0 Å². The SMILES string of the molecule is CC(C)(C)CC(NC(=O)NCC(O)c1ccsc1)C(F)(F)F. The molecule has 0 aliphatic rings. The van der Waals surface area contributed by atoms with Crippen LogP contribution in [0.5, 0.6) is 0 Å². The number of urea groups is 1. The Balaban J connectivity index is 2.53. The number of carbonyl (C=O) groups is 1. The normalized spacial score (nSPS) is 15.2. The molecule has 2 atom stereocenters. The van der Waals surface area contributed by atoms with Gasteiger partial charge in [0.25, 0.3) is 0 Å². The lowest BCUT2D eigenvalue weighted by atomic mass is 9.88. The number of hydrogen-bond acceptors (Lipinski definition) is 3. The Kier molecular flexibility index (Phi) is 6.25. The number of carbonyl (C=O) groups excluding carboxylic acids is 1. The van der Waals surface area contributed by atoms with E-state index in [0.717, 1.165) is 0 Å². The second-order valence-corrected chi connectivity index (χ2v) is 7.07. The predicted molar refractivity (Wildman–Crippen MR) is 79.7 cm³/mol. The molecule has 0 saturated heterocycles. The molecule has 2 unspecified atom stereocenters. The van der Waals surface area contributed by atoms with Crippen molar-refractivity contribution in [2.24, 2.45) is 5.41 Å². The van der Waals surface area contributed by atoms with E-state index >= 15 is 0 Å². The van der Waals surface area contributed by atoms with Crippen LogP contribution in [0.15, 0.2) is 16.8 Å². The van der Waals surface area contributed by atoms with Gasteiger partial charge in [0.1, 0.15) is 6.04 Å². The number of hydrogen-bond donors (Lipinski definition) is 3. The molecule has 4 nitrogen and oxygen atoms in total. The molecule has 0 bridgehead atoms. The first-order valence-corrected chi connectivity index (χ1v) is 7.74. The van der Waals surface area contributed by atoms with Crippen LogP contribution in [-0.4, -0.2) is 29.9 Å². The summed E-state index contributed by atoms with van der Waals surface area (Å²) in [4.78, 5) is 11.6. The summed E-state index contributed by atoms with van der Waals surface area (Å²) in [5.41, 5.74) is 0.0382. The van der Waals surface area contributed by atoms with Crippen LogP contribution in [0, 0.1) is 5.41 Å². The predicted octanol–water partition coefficient (Wildman–Crippen LogP) is 3.45. The summed E-state index contributed by atoms with van der Waals surface area (Å²) in [6.45, 7) is 4.87. The monoisotopic (exact) mass is 338 g/mol. The number of aliphatic hydroxyl groups is 1. The number of alkyl halides is 3. The Bertz CT molecular complexity index is 469. The number of rotatable bonds is 5. The van der Waals surface area contributed by atoms with Crippen LogP contribution >= 0.6 is 11.3 Å². The quantitative estimate of drug-likeness (QED) is 0.770. The number of thiophene rings is 1. The lowest BCUT2D eigenvalue weighted by molar-refractivity contribution is -0.159. The molecule has 1 aromatic rings. The van der Waals surface area contributed by atoms with Crippen LogP contribution in [0.4, 0.5) is 18.0 Å². The van der Waals surface area contributed by atoms with Gasteiger partial charge in [-0.1, -0.05) is 20.8 Å². The smallest absolute Gasteiger partial charge is 0.387 e. The molecular formula is C14H21F3N2O2S. The zero-order chi connectivity index (χ0) is 17.0. The summed E-state index contributed by atoms with van der Waals surface area (Å²) < 4.78 is 38.8. The summed E-state index contributed by atoms with van der Waals surface area (Å²) in [5, 5.41) is 17.5. The first kappa shape index (κ1) is 18.8. The third kappa shape index (κ3) is 6.65. The fourth-order valence-electron chi connectivity index (χ4n) is 1.84. The summed E-state index contributed by atoms with van der Waals surface area (Å²) in [5.74, 6) is 0. The highest BCUT2D eigenvalue weighted by atomic mass is 32.1. The molecule has 3 N–H and O–H groups in total. The van der Waals surface area contributed by atoms with E-state index in [1.807, 2.05) is 5.32 Å². The van der Waals surface area contributed by atoms with Crippen molar-refractivity contribution in [2.45, 2.75) is 45.5 Å². The molecule has 0 radical (unpaired) electrons. The number of nitrogens with one attached hydrogen (secondary N) is 2. The lowest BCUT2D eigenvalue weighted by Crippen LogP contribution is -2.51. The van der Waals surface area contributed by atoms with Crippen molar-refractivity contribution in [3.8, 4) is 0 Å². The summed E-state index contributed by atoms with van der Waals surface area (Å²) >= 11 is 1.39. The van der Waals surface area contributed by atoms with Gasteiger partial charge in [-0.05, 0) is 34.2 Å². The minimum Gasteiger partial charge on any atom is -0.387 e. The Morgan fingerprint density at radius 3 is 2.45 bits per heavy atom. The molecule has 8 heteroatoms. The van der Waals surface area contributed by atoms with Crippen LogP contribution in [0.1, 0.15) is 38.9 Å². The maximum Gasteiger partial charge on any atom is 0.408 e. The molecule has 0 fully saturated rings. The highest BCUT2D eigenvalue weighted by molar-refractivity contribution is 7.07. The van der Waals surface area contributed by atoms with Crippen molar-refractivity contribution in [2.75, 3.05) is 6.54 Å². The summed E-state index contributed by atoms with van der Waals surface area (Å²) in [6, 6.07) is -1.18. The zero-order valence-electron chi connectivity index (χ0n) is 12.7. The molecule has 0 aliphatic carbocycles. The van der Waals surface area contributed by atoms with Gasteiger partial charge in [-0.2, -0.15) is 24.5 Å². The summed E-state index contributed by atoms with van der Waals surface area (Å²) in [6.07, 6.45) is -5.68. The minimum absolute atomic E-state index is 0.150. The molecule has 0 saturated carbocycles. The van der Waals surface area contributed by atoms with Crippen LogP contribution in [0.25, 0.3) is 0 Å². The van der Waals surface area contributed by atoms with E-state index in [4.69, 9.17) is 0 Å².